The quantitative estimate of drug-likeness (QED) is 0.451. The topological polar surface area (TPSA) is 71.1 Å². The summed E-state index contributed by atoms with van der Waals surface area (Å²) < 4.78 is 20.6. The molecule has 0 bridgehead atoms. The Bertz CT molecular complexity index is 388. The summed E-state index contributed by atoms with van der Waals surface area (Å²) >= 11 is 0. The summed E-state index contributed by atoms with van der Waals surface area (Å²) in [6, 6.07) is 0. The molecule has 6 heteroatoms. The Balaban J connectivity index is 4.16. The Labute approximate surface area is 125 Å². The summed E-state index contributed by atoms with van der Waals surface area (Å²) in [5.74, 6) is -0.963. The first kappa shape index (κ1) is 19.3. The van der Waals surface area contributed by atoms with Crippen molar-refractivity contribution in [3.63, 3.8) is 0 Å². The predicted molar refractivity (Wildman–Crippen MR) is 77.8 cm³/mol. The Kier molecular flexibility index (Phi) is 9.32. The van der Waals surface area contributed by atoms with Gasteiger partial charge in [-0.1, -0.05) is 13.2 Å². The smallest absolute Gasteiger partial charge is 0.333 e. The van der Waals surface area contributed by atoms with Crippen LogP contribution < -0.4 is 0 Å². The van der Waals surface area contributed by atoms with Crippen molar-refractivity contribution in [2.24, 2.45) is 0 Å². The zero-order valence-electron chi connectivity index (χ0n) is 13.1. The third-order valence-corrected chi connectivity index (χ3v) is 2.34. The lowest BCUT2D eigenvalue weighted by Gasteiger charge is -2.20. The van der Waals surface area contributed by atoms with Crippen LogP contribution >= 0.6 is 0 Å². The molecule has 0 radical (unpaired) electrons. The molecule has 0 aromatic rings. The Morgan fingerprint density at radius 3 is 2.05 bits per heavy atom. The zero-order chi connectivity index (χ0) is 16.4. The van der Waals surface area contributed by atoms with Crippen LogP contribution in [0.5, 0.6) is 0 Å². The van der Waals surface area contributed by atoms with Gasteiger partial charge in [-0.2, -0.15) is 0 Å². The van der Waals surface area contributed by atoms with Crippen molar-refractivity contribution in [2.45, 2.75) is 33.0 Å². The Morgan fingerprint density at radius 2 is 1.57 bits per heavy atom. The summed E-state index contributed by atoms with van der Waals surface area (Å²) in [6.07, 6.45) is -0.880. The minimum atomic E-state index is -0.543. The van der Waals surface area contributed by atoms with Gasteiger partial charge >= 0.3 is 11.9 Å². The molecule has 0 spiro atoms. The fraction of sp³-hybridized carbons (Fsp3) is 0.600. The summed E-state index contributed by atoms with van der Waals surface area (Å²) in [6.45, 7) is 12.3. The van der Waals surface area contributed by atoms with Gasteiger partial charge in [-0.05, 0) is 20.8 Å². The highest BCUT2D eigenvalue weighted by atomic mass is 16.6. The second kappa shape index (κ2) is 10.1. The van der Waals surface area contributed by atoms with E-state index < -0.39 is 18.0 Å². The van der Waals surface area contributed by atoms with E-state index in [-0.39, 0.29) is 25.9 Å². The van der Waals surface area contributed by atoms with Gasteiger partial charge in [-0.3, -0.25) is 0 Å². The van der Waals surface area contributed by atoms with Crippen LogP contribution in [0.15, 0.2) is 24.3 Å². The summed E-state index contributed by atoms with van der Waals surface area (Å²) in [4.78, 5) is 22.7. The molecule has 21 heavy (non-hydrogen) atoms. The zero-order valence-corrected chi connectivity index (χ0v) is 13.1. The maximum atomic E-state index is 11.5. The summed E-state index contributed by atoms with van der Waals surface area (Å²) in [7, 11) is 1.50. The molecule has 0 saturated carbocycles. The SMILES string of the molecule is C=C(C)C(=O)OCC(C)OCC(COC)OC(=O)C(=C)C. The molecule has 2 unspecified atom stereocenters. The number of ether oxygens (including phenoxy) is 4. The van der Waals surface area contributed by atoms with Crippen molar-refractivity contribution >= 4 is 11.9 Å². The van der Waals surface area contributed by atoms with Gasteiger partial charge in [0.05, 0.1) is 19.3 Å². The first-order valence-corrected chi connectivity index (χ1v) is 6.57. The van der Waals surface area contributed by atoms with Gasteiger partial charge in [0, 0.05) is 18.3 Å². The second-order valence-corrected chi connectivity index (χ2v) is 4.79. The van der Waals surface area contributed by atoms with Crippen molar-refractivity contribution in [2.75, 3.05) is 26.9 Å². The average molecular weight is 300 g/mol. The van der Waals surface area contributed by atoms with Crippen LogP contribution in [0.4, 0.5) is 0 Å². The largest absolute Gasteiger partial charge is 0.460 e. The van der Waals surface area contributed by atoms with E-state index in [2.05, 4.69) is 13.2 Å². The van der Waals surface area contributed by atoms with E-state index in [1.54, 1.807) is 20.8 Å². The fourth-order valence-electron chi connectivity index (χ4n) is 1.19. The molecule has 0 aliphatic rings. The molecule has 0 amide bonds. The van der Waals surface area contributed by atoms with Crippen molar-refractivity contribution in [1.29, 1.82) is 0 Å². The van der Waals surface area contributed by atoms with Crippen LogP contribution in [-0.4, -0.2) is 51.1 Å². The van der Waals surface area contributed by atoms with Crippen molar-refractivity contribution in [1.82, 2.24) is 0 Å². The third kappa shape index (κ3) is 8.99. The highest BCUT2D eigenvalue weighted by Crippen LogP contribution is 2.03. The normalized spacial score (nSPS) is 13.1. The Morgan fingerprint density at radius 1 is 1.00 bits per heavy atom. The molecule has 0 fully saturated rings. The number of hydrogen-bond donors (Lipinski definition) is 0. The van der Waals surface area contributed by atoms with Gasteiger partial charge in [0.2, 0.25) is 0 Å². The van der Waals surface area contributed by atoms with Gasteiger partial charge in [0.25, 0.3) is 0 Å². The molecule has 0 saturated heterocycles. The number of esters is 2. The third-order valence-electron chi connectivity index (χ3n) is 2.34. The molecule has 0 aromatic carbocycles. The number of carbonyl (C=O) groups excluding carboxylic acids is 2. The van der Waals surface area contributed by atoms with E-state index in [9.17, 15) is 9.59 Å². The minimum Gasteiger partial charge on any atom is -0.460 e. The standard InChI is InChI=1S/C15H24O6/c1-10(2)14(16)20-7-12(5)19-9-13(8-18-6)21-15(17)11(3)4/h12-13H,1,3,7-9H2,2,4-6H3. The van der Waals surface area contributed by atoms with Crippen LogP contribution in [0.1, 0.15) is 20.8 Å². The summed E-state index contributed by atoms with van der Waals surface area (Å²) in [5.41, 5.74) is 0.634. The first-order valence-electron chi connectivity index (χ1n) is 6.57. The highest BCUT2D eigenvalue weighted by Gasteiger charge is 2.17. The van der Waals surface area contributed by atoms with Crippen molar-refractivity contribution in [3.05, 3.63) is 24.3 Å². The van der Waals surface area contributed by atoms with Crippen molar-refractivity contribution < 1.29 is 28.5 Å². The predicted octanol–water partition coefficient (Wildman–Crippen LogP) is 1.65. The molecule has 0 aromatic heterocycles. The van der Waals surface area contributed by atoms with E-state index in [0.29, 0.717) is 11.1 Å². The molecule has 0 aliphatic heterocycles. The lowest BCUT2D eigenvalue weighted by Crippen LogP contribution is -2.31. The van der Waals surface area contributed by atoms with E-state index in [1.165, 1.54) is 7.11 Å². The lowest BCUT2D eigenvalue weighted by atomic mass is 10.3. The van der Waals surface area contributed by atoms with E-state index >= 15 is 0 Å². The molecule has 0 aliphatic carbocycles. The summed E-state index contributed by atoms with van der Waals surface area (Å²) in [5, 5.41) is 0. The van der Waals surface area contributed by atoms with E-state index in [4.69, 9.17) is 18.9 Å². The molecule has 120 valence electrons. The number of rotatable bonds is 10. The molecule has 6 nitrogen and oxygen atoms in total. The first-order chi connectivity index (χ1) is 9.77. The molecule has 2 atom stereocenters. The number of carbonyl (C=O) groups is 2. The second-order valence-electron chi connectivity index (χ2n) is 4.79. The minimum absolute atomic E-state index is 0.0971. The van der Waals surface area contributed by atoms with E-state index in [0.717, 1.165) is 0 Å². The maximum absolute atomic E-state index is 11.5. The molecular formula is C15H24O6. The fourth-order valence-corrected chi connectivity index (χ4v) is 1.19. The lowest BCUT2D eigenvalue weighted by molar-refractivity contribution is -0.154. The average Bonchev–Trinajstić information content (AvgIpc) is 2.41. The van der Waals surface area contributed by atoms with Crippen LogP contribution in [0.2, 0.25) is 0 Å². The van der Waals surface area contributed by atoms with Crippen LogP contribution in [-0.2, 0) is 28.5 Å². The van der Waals surface area contributed by atoms with Gasteiger partial charge in [-0.25, -0.2) is 9.59 Å². The van der Waals surface area contributed by atoms with Crippen LogP contribution in [0.3, 0.4) is 0 Å². The van der Waals surface area contributed by atoms with E-state index in [1.807, 2.05) is 0 Å². The molecular weight excluding hydrogens is 276 g/mol. The molecule has 0 N–H and O–H groups in total. The monoisotopic (exact) mass is 300 g/mol. The molecule has 0 rings (SSSR count). The van der Waals surface area contributed by atoms with Crippen LogP contribution in [0, 0.1) is 0 Å². The maximum Gasteiger partial charge on any atom is 0.333 e. The molecule has 0 heterocycles. The number of hydrogen-bond acceptors (Lipinski definition) is 6. The Hall–Kier alpha value is -1.66. The van der Waals surface area contributed by atoms with Gasteiger partial charge < -0.3 is 18.9 Å². The number of methoxy groups -OCH3 is 1. The van der Waals surface area contributed by atoms with Gasteiger partial charge in [-0.15, -0.1) is 0 Å². The van der Waals surface area contributed by atoms with Crippen LogP contribution in [0.25, 0.3) is 0 Å². The van der Waals surface area contributed by atoms with Gasteiger partial charge in [0.1, 0.15) is 12.7 Å². The highest BCUT2D eigenvalue weighted by molar-refractivity contribution is 5.87. The van der Waals surface area contributed by atoms with Gasteiger partial charge in [0.15, 0.2) is 0 Å². The van der Waals surface area contributed by atoms with Crippen molar-refractivity contribution in [3.8, 4) is 0 Å².